The van der Waals surface area contributed by atoms with Gasteiger partial charge in [0.2, 0.25) is 0 Å². The van der Waals surface area contributed by atoms with Gasteiger partial charge < -0.3 is 0 Å². The smallest absolute Gasteiger partial charge is 0.104 e. The summed E-state index contributed by atoms with van der Waals surface area (Å²) in [4.78, 5) is 19.9. The lowest BCUT2D eigenvalue weighted by Gasteiger charge is -2.31. The highest BCUT2D eigenvalue weighted by Crippen LogP contribution is 2.43. The lowest BCUT2D eigenvalue weighted by molar-refractivity contribution is 0.581. The number of rotatable bonds is 2. The van der Waals surface area contributed by atoms with Crippen LogP contribution in [0, 0.1) is 5.92 Å². The Bertz CT molecular complexity index is 3070. The number of aromatic nitrogens is 3. The van der Waals surface area contributed by atoms with Crippen LogP contribution in [0.3, 0.4) is 0 Å². The number of hydrogen-bond donors (Lipinski definition) is 0. The lowest BCUT2D eigenvalue weighted by Crippen LogP contribution is -2.37. The number of hydrogen-bond acceptors (Lipinski definition) is 4. The highest BCUT2D eigenvalue weighted by atomic mass is 14.9. The van der Waals surface area contributed by atoms with Crippen LogP contribution >= 0.6 is 0 Å². The predicted molar refractivity (Wildman–Crippen MR) is 204 cm³/mol. The summed E-state index contributed by atoms with van der Waals surface area (Å²) in [5.74, 6) is 0.116. The van der Waals surface area contributed by atoms with Crippen molar-refractivity contribution in [2.24, 2.45) is 10.9 Å². The van der Waals surface area contributed by atoms with Crippen LogP contribution < -0.4 is 10.6 Å². The predicted octanol–water partition coefficient (Wildman–Crippen LogP) is 9.52. The van der Waals surface area contributed by atoms with Gasteiger partial charge in [0.25, 0.3) is 0 Å². The molecule has 0 N–H and O–H groups in total. The van der Waals surface area contributed by atoms with E-state index in [0.29, 0.717) is 0 Å². The van der Waals surface area contributed by atoms with E-state index in [2.05, 4.69) is 133 Å². The first-order valence-electron chi connectivity index (χ1n) is 17.1. The van der Waals surface area contributed by atoms with Crippen LogP contribution in [0.5, 0.6) is 0 Å². The van der Waals surface area contributed by atoms with Gasteiger partial charge in [0.05, 0.1) is 27.6 Å². The molecular weight excluding hydrogens is 609 g/mol. The molecule has 4 heteroatoms. The maximum absolute atomic E-state index is 5.23. The Morgan fingerprint density at radius 2 is 1.26 bits per heavy atom. The standard InChI is InChI=1S/C46H28N4/c1-3-11-39-35(9-1)41(37-21-15-27-7-5-23-47-43(27)45(37)49-39)31-17-19-33-29(25-31)13-14-30-26-32(18-20-34(30)33)42-36-10-2-4-12-40(36)50-46-38(42)22-16-28-8-6-24-48-44(28)46/h1-26,37,45H. The minimum Gasteiger partial charge on any atom is -0.274 e. The summed E-state index contributed by atoms with van der Waals surface area (Å²) in [6.45, 7) is 0. The molecule has 1 aliphatic carbocycles. The molecule has 0 radical (unpaired) electrons. The molecule has 4 heterocycles. The maximum atomic E-state index is 5.23. The van der Waals surface area contributed by atoms with Gasteiger partial charge >= 0.3 is 0 Å². The largest absolute Gasteiger partial charge is 0.274 e. The fourth-order valence-electron chi connectivity index (χ4n) is 8.39. The first-order chi connectivity index (χ1) is 24.8. The number of nitrogens with zero attached hydrogens (tertiary/aromatic N) is 4. The number of fused-ring (bicyclic) bond motifs is 11. The van der Waals surface area contributed by atoms with Gasteiger partial charge in [-0.25, -0.2) is 4.98 Å². The number of pyridine rings is 3. The van der Waals surface area contributed by atoms with Crippen LogP contribution in [0.15, 0.2) is 157 Å². The maximum Gasteiger partial charge on any atom is 0.104 e. The average Bonchev–Trinajstić information content (AvgIpc) is 3.18. The van der Waals surface area contributed by atoms with E-state index in [0.717, 1.165) is 49.3 Å². The van der Waals surface area contributed by atoms with E-state index in [1.165, 1.54) is 49.0 Å². The van der Waals surface area contributed by atoms with Gasteiger partial charge in [-0.3, -0.25) is 15.0 Å². The van der Waals surface area contributed by atoms with Gasteiger partial charge in [0, 0.05) is 45.3 Å². The van der Waals surface area contributed by atoms with Crippen molar-refractivity contribution in [2.45, 2.75) is 6.04 Å². The minimum atomic E-state index is -0.0408. The summed E-state index contributed by atoms with van der Waals surface area (Å²) in [5, 5.41) is 10.5. The summed E-state index contributed by atoms with van der Waals surface area (Å²) >= 11 is 0. The van der Waals surface area contributed by atoms with E-state index in [1.54, 1.807) is 0 Å². The van der Waals surface area contributed by atoms with Gasteiger partial charge in [0.1, 0.15) is 6.04 Å². The monoisotopic (exact) mass is 636 g/mol. The van der Waals surface area contributed by atoms with Crippen molar-refractivity contribution in [3.05, 3.63) is 179 Å². The van der Waals surface area contributed by atoms with Crippen LogP contribution in [0.25, 0.3) is 77.0 Å². The fourth-order valence-corrected chi connectivity index (χ4v) is 8.39. The van der Waals surface area contributed by atoms with Gasteiger partial charge in [-0.05, 0) is 80.2 Å². The van der Waals surface area contributed by atoms with Crippen molar-refractivity contribution >= 4 is 65.9 Å². The molecule has 9 aromatic rings. The summed E-state index contributed by atoms with van der Waals surface area (Å²) in [6.07, 6.45) is 8.27. The zero-order chi connectivity index (χ0) is 32.8. The third-order valence-electron chi connectivity index (χ3n) is 10.6. The van der Waals surface area contributed by atoms with Crippen LogP contribution in [0.1, 0.15) is 22.9 Å². The molecule has 0 spiro atoms. The molecule has 2 atom stereocenters. The third-order valence-corrected chi connectivity index (χ3v) is 10.6. The molecule has 1 aliphatic heterocycles. The summed E-state index contributed by atoms with van der Waals surface area (Å²) in [6, 6.07) is 47.9. The van der Waals surface area contributed by atoms with Gasteiger partial charge in [-0.1, -0.05) is 109 Å². The SMILES string of the molecule is C1=CC2C(c3ccc4c(ccc5cc(-c6c7ccccc7nc7c6ccc6cccnc67)ccc54)c3)=c3ccccc3=NC2c2ncccc21. The molecule has 0 amide bonds. The Hall–Kier alpha value is -6.52. The second kappa shape index (κ2) is 10.5. The fraction of sp³-hybridized carbons (Fsp3) is 0.0435. The Kier molecular flexibility index (Phi) is 5.75. The van der Waals surface area contributed by atoms with Crippen molar-refractivity contribution in [3.8, 4) is 11.1 Å². The molecule has 4 nitrogen and oxygen atoms in total. The van der Waals surface area contributed by atoms with Gasteiger partial charge in [-0.2, -0.15) is 0 Å². The van der Waals surface area contributed by atoms with E-state index in [9.17, 15) is 0 Å². The van der Waals surface area contributed by atoms with Crippen molar-refractivity contribution in [1.82, 2.24) is 15.0 Å². The van der Waals surface area contributed by atoms with Crippen LogP contribution in [-0.4, -0.2) is 15.0 Å². The molecule has 3 aromatic heterocycles. The van der Waals surface area contributed by atoms with E-state index in [-0.39, 0.29) is 12.0 Å². The minimum absolute atomic E-state index is 0.0408. The summed E-state index contributed by atoms with van der Waals surface area (Å²) in [5.41, 5.74) is 9.95. The Balaban J connectivity index is 1.08. The normalized spacial score (nSPS) is 16.4. The zero-order valence-electron chi connectivity index (χ0n) is 27.0. The van der Waals surface area contributed by atoms with Crippen LogP contribution in [-0.2, 0) is 0 Å². The van der Waals surface area contributed by atoms with Crippen LogP contribution in [0.2, 0.25) is 0 Å². The molecule has 0 bridgehead atoms. The molecular formula is C46H28N4. The molecule has 2 unspecified atom stereocenters. The van der Waals surface area contributed by atoms with E-state index < -0.39 is 0 Å². The molecule has 6 aromatic carbocycles. The average molecular weight is 637 g/mol. The molecule has 11 rings (SSSR count). The van der Waals surface area contributed by atoms with E-state index in [1.807, 2.05) is 24.5 Å². The van der Waals surface area contributed by atoms with Crippen molar-refractivity contribution < 1.29 is 0 Å². The Labute approximate surface area is 287 Å². The number of benzene rings is 6. The second-order valence-corrected chi connectivity index (χ2v) is 13.3. The quantitative estimate of drug-likeness (QED) is 0.140. The van der Waals surface area contributed by atoms with Crippen LogP contribution in [0.4, 0.5) is 0 Å². The third kappa shape index (κ3) is 3.99. The first-order valence-corrected chi connectivity index (χ1v) is 17.1. The molecule has 0 saturated carbocycles. The van der Waals surface area contributed by atoms with E-state index >= 15 is 0 Å². The summed E-state index contributed by atoms with van der Waals surface area (Å²) < 4.78 is 0. The van der Waals surface area contributed by atoms with E-state index in [4.69, 9.17) is 19.9 Å². The number of para-hydroxylation sites is 2. The molecule has 232 valence electrons. The lowest BCUT2D eigenvalue weighted by atomic mass is 9.78. The van der Waals surface area contributed by atoms with Crippen molar-refractivity contribution in [3.63, 3.8) is 0 Å². The first kappa shape index (κ1) is 27.4. The molecule has 50 heavy (non-hydrogen) atoms. The zero-order valence-corrected chi connectivity index (χ0v) is 27.0. The van der Waals surface area contributed by atoms with Gasteiger partial charge in [0.15, 0.2) is 0 Å². The topological polar surface area (TPSA) is 51.0 Å². The second-order valence-electron chi connectivity index (χ2n) is 13.3. The summed E-state index contributed by atoms with van der Waals surface area (Å²) in [7, 11) is 0. The van der Waals surface area contributed by atoms with Gasteiger partial charge in [-0.15, -0.1) is 0 Å². The molecule has 2 aliphatic rings. The highest BCUT2D eigenvalue weighted by molar-refractivity contribution is 6.17. The molecule has 0 fully saturated rings. The van der Waals surface area contributed by atoms with Crippen molar-refractivity contribution in [2.75, 3.05) is 0 Å². The Morgan fingerprint density at radius 3 is 2.18 bits per heavy atom. The molecule has 0 saturated heterocycles. The van der Waals surface area contributed by atoms with Crippen molar-refractivity contribution in [1.29, 1.82) is 0 Å². The highest BCUT2D eigenvalue weighted by Gasteiger charge is 2.33. The Morgan fingerprint density at radius 1 is 0.520 bits per heavy atom.